The molecule has 7 nitrogen and oxygen atoms in total. The maximum absolute atomic E-state index is 11.7. The van der Waals surface area contributed by atoms with Gasteiger partial charge in [0.2, 0.25) is 6.33 Å². The van der Waals surface area contributed by atoms with Gasteiger partial charge in [-0.25, -0.2) is 4.79 Å². The first-order valence-corrected chi connectivity index (χ1v) is 5.27. The third-order valence-electron chi connectivity index (χ3n) is 2.72. The lowest BCUT2D eigenvalue weighted by molar-refractivity contribution is -0.389. The van der Waals surface area contributed by atoms with Crippen molar-refractivity contribution in [3.8, 4) is 0 Å². The Morgan fingerprint density at radius 3 is 2.76 bits per heavy atom. The van der Waals surface area contributed by atoms with E-state index in [0.717, 1.165) is 6.42 Å². The monoisotopic (exact) mass is 241 g/mol. The molecule has 1 unspecified atom stereocenters. The molecule has 0 spiro atoms. The summed E-state index contributed by atoms with van der Waals surface area (Å²) in [6.07, 6.45) is 3.28. The van der Waals surface area contributed by atoms with Crippen molar-refractivity contribution in [1.82, 2.24) is 9.55 Å². The molecule has 0 N–H and O–H groups in total. The molecule has 0 radical (unpaired) electrons. The topological polar surface area (TPSA) is 87.3 Å². The summed E-state index contributed by atoms with van der Waals surface area (Å²) in [6, 6.07) is -0.578. The number of methoxy groups -OCH3 is 1. The van der Waals surface area contributed by atoms with Gasteiger partial charge in [-0.3, -0.25) is 4.57 Å². The van der Waals surface area contributed by atoms with Gasteiger partial charge in [-0.1, -0.05) is 20.3 Å². The molecule has 0 aliphatic heterocycles. The van der Waals surface area contributed by atoms with Gasteiger partial charge in [-0.15, -0.1) is 0 Å². The van der Waals surface area contributed by atoms with Gasteiger partial charge in [0.15, 0.2) is 0 Å². The van der Waals surface area contributed by atoms with Gasteiger partial charge in [-0.05, 0) is 15.8 Å². The Morgan fingerprint density at radius 2 is 2.35 bits per heavy atom. The van der Waals surface area contributed by atoms with E-state index in [9.17, 15) is 14.9 Å². The van der Waals surface area contributed by atoms with Gasteiger partial charge in [0, 0.05) is 0 Å². The molecule has 1 aromatic rings. The molecule has 0 saturated heterocycles. The number of aromatic nitrogens is 2. The third-order valence-corrected chi connectivity index (χ3v) is 2.72. The molecule has 0 aromatic carbocycles. The van der Waals surface area contributed by atoms with Crippen LogP contribution in [0.4, 0.5) is 5.82 Å². The first-order chi connectivity index (χ1) is 8.01. The van der Waals surface area contributed by atoms with Crippen LogP contribution in [0.5, 0.6) is 0 Å². The van der Waals surface area contributed by atoms with Crippen molar-refractivity contribution in [1.29, 1.82) is 0 Å². The van der Waals surface area contributed by atoms with Crippen molar-refractivity contribution in [2.45, 2.75) is 26.3 Å². The van der Waals surface area contributed by atoms with Crippen molar-refractivity contribution in [3.63, 3.8) is 0 Å². The maximum Gasteiger partial charge on any atom is 0.381 e. The van der Waals surface area contributed by atoms with Crippen molar-refractivity contribution < 1.29 is 14.5 Å². The number of nitrogens with zero attached hydrogens (tertiary/aromatic N) is 3. The average Bonchev–Trinajstić information content (AvgIpc) is 2.78. The van der Waals surface area contributed by atoms with Crippen LogP contribution in [0.15, 0.2) is 12.5 Å². The number of rotatable bonds is 5. The molecule has 2 atom stereocenters. The molecule has 0 fully saturated rings. The summed E-state index contributed by atoms with van der Waals surface area (Å²) in [5.74, 6) is -0.690. The number of carbonyl (C=O) groups is 1. The van der Waals surface area contributed by atoms with E-state index < -0.39 is 16.9 Å². The Hall–Kier alpha value is -1.92. The summed E-state index contributed by atoms with van der Waals surface area (Å²) in [5, 5.41) is 10.5. The van der Waals surface area contributed by atoms with Crippen LogP contribution in [-0.4, -0.2) is 27.6 Å². The van der Waals surface area contributed by atoms with Crippen LogP contribution in [-0.2, 0) is 9.53 Å². The van der Waals surface area contributed by atoms with E-state index in [1.165, 1.54) is 24.2 Å². The summed E-state index contributed by atoms with van der Waals surface area (Å²) >= 11 is 0. The average molecular weight is 241 g/mol. The van der Waals surface area contributed by atoms with Crippen LogP contribution in [0.2, 0.25) is 0 Å². The predicted molar refractivity (Wildman–Crippen MR) is 59.4 cm³/mol. The van der Waals surface area contributed by atoms with Gasteiger partial charge in [0.05, 0.1) is 7.11 Å². The van der Waals surface area contributed by atoms with Crippen LogP contribution >= 0.6 is 0 Å². The van der Waals surface area contributed by atoms with Crippen molar-refractivity contribution in [2.75, 3.05) is 7.11 Å². The molecule has 0 bridgehead atoms. The van der Waals surface area contributed by atoms with E-state index in [2.05, 4.69) is 4.98 Å². The normalized spacial score (nSPS) is 14.1. The molecule has 1 rings (SSSR count). The van der Waals surface area contributed by atoms with Gasteiger partial charge in [0.25, 0.3) is 0 Å². The molecule has 0 saturated carbocycles. The van der Waals surface area contributed by atoms with Crippen molar-refractivity contribution in [2.24, 2.45) is 5.92 Å². The Labute approximate surface area is 98.6 Å². The molecule has 1 aromatic heterocycles. The van der Waals surface area contributed by atoms with Gasteiger partial charge >= 0.3 is 11.8 Å². The number of carbonyl (C=O) groups excluding carboxylic acids is 1. The standard InChI is InChI=1S/C10H15N3O4/c1-4-7(2)9(10(14)17-3)12-5-8(11-6-12)13(15)16/h5-7,9H,4H2,1-3H3/t7?,9-/m0/s1. The molecule has 94 valence electrons. The van der Waals surface area contributed by atoms with Crippen LogP contribution in [0.3, 0.4) is 0 Å². The Bertz CT molecular complexity index is 415. The zero-order valence-electron chi connectivity index (χ0n) is 9.99. The summed E-state index contributed by atoms with van der Waals surface area (Å²) in [4.78, 5) is 25.2. The molecule has 0 amide bonds. The molecular weight excluding hydrogens is 226 g/mol. The second kappa shape index (κ2) is 5.42. The number of esters is 1. The summed E-state index contributed by atoms with van der Waals surface area (Å²) < 4.78 is 6.13. The maximum atomic E-state index is 11.7. The van der Waals surface area contributed by atoms with E-state index in [0.29, 0.717) is 0 Å². The largest absolute Gasteiger partial charge is 0.467 e. The fraction of sp³-hybridized carbons (Fsp3) is 0.600. The van der Waals surface area contributed by atoms with E-state index >= 15 is 0 Å². The summed E-state index contributed by atoms with van der Waals surface area (Å²) in [7, 11) is 1.29. The summed E-state index contributed by atoms with van der Waals surface area (Å²) in [6.45, 7) is 3.82. The smallest absolute Gasteiger partial charge is 0.381 e. The molecule has 1 heterocycles. The second-order valence-electron chi connectivity index (χ2n) is 3.79. The van der Waals surface area contributed by atoms with Crippen LogP contribution in [0.1, 0.15) is 26.3 Å². The number of imidazole rings is 1. The molecule has 0 aliphatic carbocycles. The number of ether oxygens (including phenoxy) is 1. The molecular formula is C10H15N3O4. The van der Waals surface area contributed by atoms with Crippen molar-refractivity contribution in [3.05, 3.63) is 22.6 Å². The minimum atomic E-state index is -0.596. The minimum absolute atomic E-state index is 0.0104. The predicted octanol–water partition coefficient (Wildman–Crippen LogP) is 1.55. The fourth-order valence-electron chi connectivity index (χ4n) is 1.56. The van der Waals surface area contributed by atoms with Gasteiger partial charge in [-0.2, -0.15) is 0 Å². The highest BCUT2D eigenvalue weighted by Gasteiger charge is 2.28. The minimum Gasteiger partial charge on any atom is -0.467 e. The van der Waals surface area contributed by atoms with E-state index in [1.807, 2.05) is 13.8 Å². The quantitative estimate of drug-likeness (QED) is 0.443. The third kappa shape index (κ3) is 2.80. The number of hydrogen-bond donors (Lipinski definition) is 0. The Kier molecular flexibility index (Phi) is 4.19. The van der Waals surface area contributed by atoms with E-state index in [4.69, 9.17) is 4.74 Å². The fourth-order valence-corrected chi connectivity index (χ4v) is 1.56. The molecule has 0 aliphatic rings. The van der Waals surface area contributed by atoms with Gasteiger partial charge in [0.1, 0.15) is 12.2 Å². The lowest BCUT2D eigenvalue weighted by Gasteiger charge is -2.20. The highest BCUT2D eigenvalue weighted by atomic mass is 16.6. The lowest BCUT2D eigenvalue weighted by atomic mass is 9.99. The first-order valence-electron chi connectivity index (χ1n) is 5.27. The Morgan fingerprint density at radius 1 is 1.71 bits per heavy atom. The van der Waals surface area contributed by atoms with Crippen LogP contribution in [0, 0.1) is 16.0 Å². The van der Waals surface area contributed by atoms with Crippen LogP contribution < -0.4 is 0 Å². The number of hydrogen-bond acceptors (Lipinski definition) is 5. The van der Waals surface area contributed by atoms with Crippen LogP contribution in [0.25, 0.3) is 0 Å². The van der Waals surface area contributed by atoms with E-state index in [-0.39, 0.29) is 11.7 Å². The molecule has 17 heavy (non-hydrogen) atoms. The Balaban J connectivity index is 3.04. The van der Waals surface area contributed by atoms with Gasteiger partial charge < -0.3 is 14.9 Å². The SMILES string of the molecule is CCC(C)[C@@H](C(=O)OC)n1cnc([N+](=O)[O-])c1. The zero-order valence-corrected chi connectivity index (χ0v) is 9.99. The van der Waals surface area contributed by atoms with Crippen molar-refractivity contribution >= 4 is 11.8 Å². The van der Waals surface area contributed by atoms with E-state index in [1.54, 1.807) is 0 Å². The zero-order chi connectivity index (χ0) is 13.0. The summed E-state index contributed by atoms with van der Waals surface area (Å²) in [5.41, 5.74) is 0. The first kappa shape index (κ1) is 13.1. The lowest BCUT2D eigenvalue weighted by Crippen LogP contribution is -2.25. The molecule has 7 heteroatoms. The second-order valence-corrected chi connectivity index (χ2v) is 3.79. The highest BCUT2D eigenvalue weighted by molar-refractivity contribution is 5.74. The number of nitro groups is 1. The highest BCUT2D eigenvalue weighted by Crippen LogP contribution is 2.24.